The van der Waals surface area contributed by atoms with Gasteiger partial charge in [-0.2, -0.15) is 0 Å². The van der Waals surface area contributed by atoms with Crippen molar-refractivity contribution in [2.45, 2.75) is 26.2 Å². The lowest BCUT2D eigenvalue weighted by atomic mass is 9.89. The molecule has 4 aliphatic rings. The third-order valence-electron chi connectivity index (χ3n) is 27.8. The van der Waals surface area contributed by atoms with E-state index < -0.39 is 32.3 Å². The summed E-state index contributed by atoms with van der Waals surface area (Å²) in [4.78, 5) is 34.1. The fourth-order valence-electron chi connectivity index (χ4n) is 21.9. The summed E-state index contributed by atoms with van der Waals surface area (Å²) in [5.41, 5.74) is 26.9. The van der Waals surface area contributed by atoms with Gasteiger partial charge < -0.3 is 0 Å². The van der Waals surface area contributed by atoms with E-state index in [9.17, 15) is 0 Å². The largest absolute Gasteiger partial charge is 0.208 e. The topological polar surface area (TPSA) is 77.3 Å². The molecule has 602 valence electrons. The lowest BCUT2D eigenvalue weighted by molar-refractivity contribution is 1.07. The highest BCUT2D eigenvalue weighted by Crippen LogP contribution is 2.48. The maximum atomic E-state index is 5.84. The zero-order chi connectivity index (χ0) is 85.4. The summed E-state index contributed by atoms with van der Waals surface area (Å²) in [6, 6.07) is 162. The Kier molecular flexibility index (Phi) is 18.1. The predicted molar refractivity (Wildman–Crippen MR) is 543 cm³/mol. The van der Waals surface area contributed by atoms with Crippen LogP contribution in [0.5, 0.6) is 0 Å². The van der Waals surface area contributed by atoms with Gasteiger partial charge in [0.25, 0.3) is 0 Å². The van der Waals surface area contributed by atoms with Crippen molar-refractivity contribution in [3.8, 4) is 168 Å². The van der Waals surface area contributed by atoms with Crippen LogP contribution in [0.4, 0.5) is 0 Å². The molecule has 0 saturated heterocycles. The molecule has 0 aliphatic carbocycles. The van der Waals surface area contributed by atoms with Crippen LogP contribution in [-0.2, 0) is 0 Å². The summed E-state index contributed by atoms with van der Waals surface area (Å²) >= 11 is 0. The van der Waals surface area contributed by atoms with Crippen LogP contribution in [0, 0.1) is 0 Å². The quantitative estimate of drug-likeness (QED) is 0.0952. The highest BCUT2D eigenvalue weighted by Gasteiger charge is 2.52. The first-order valence-corrected chi connectivity index (χ1v) is 54.3. The van der Waals surface area contributed by atoms with Crippen LogP contribution in [0.2, 0.25) is 26.2 Å². The molecule has 10 heteroatoms. The Morgan fingerprint density at radius 2 is 0.438 bits per heavy atom. The second-order valence-electron chi connectivity index (χ2n) is 35.3. The first-order valence-electron chi connectivity index (χ1n) is 44.3. The number of benzene rings is 18. The van der Waals surface area contributed by atoms with Gasteiger partial charge >= 0.3 is 0 Å². The van der Waals surface area contributed by atoms with Crippen LogP contribution in [0.3, 0.4) is 0 Å². The van der Waals surface area contributed by atoms with Gasteiger partial charge in [0.05, 0.1) is 0 Å². The van der Waals surface area contributed by atoms with E-state index in [1.54, 1.807) is 0 Å². The van der Waals surface area contributed by atoms with E-state index in [4.69, 9.17) is 29.9 Å². The second kappa shape index (κ2) is 30.3. The van der Waals surface area contributed by atoms with Crippen LogP contribution in [0.25, 0.3) is 168 Å². The standard InChI is InChI=1S/C118H84N6Si4/c1-125(2)101-59-35-33-57-91(101)111-104(125)70-68-93(109(111)80-42-18-7-19-43-80)115-119-113(82-46-22-9-23-47-82)120-116(123-115)94-69-71-105-112(110(94)81-44-20-8-21-45-81)92-58-34-37-61-103(92)127(105,85-50-26-11-27-51-85)88-65-62-77(63-66-88)84-64-67-90-97-73-99(95(78-38-14-5-15-39-78)75-107(97)126(3,4)106(90)72-84)117-121-114(83-48-24-10-25-49-83)122-118(124-117)100-74-98-89-56-32-36-60-102(89)128(86-52-28-12-29-53-86,87-54-30-13-31-55-87)108(98)76-96(100)79-40-16-6-17-41-79/h5-76H,1-4H3. The van der Waals surface area contributed by atoms with Gasteiger partial charge in [-0.25, -0.2) is 29.9 Å². The number of hydrogen-bond acceptors (Lipinski definition) is 6. The molecule has 1 atom stereocenters. The Morgan fingerprint density at radius 1 is 0.141 bits per heavy atom. The summed E-state index contributed by atoms with van der Waals surface area (Å²) in [5.74, 6) is 3.72. The third kappa shape index (κ3) is 11.9. The van der Waals surface area contributed by atoms with Crippen LogP contribution >= 0.6 is 0 Å². The molecule has 1 unspecified atom stereocenters. The minimum absolute atomic E-state index is 0.613. The van der Waals surface area contributed by atoms with Crippen molar-refractivity contribution in [1.29, 1.82) is 0 Å². The molecule has 0 spiro atoms. The van der Waals surface area contributed by atoms with Gasteiger partial charge in [0, 0.05) is 44.5 Å². The van der Waals surface area contributed by atoms with Crippen molar-refractivity contribution in [3.05, 3.63) is 437 Å². The lowest BCUT2D eigenvalue weighted by Gasteiger charge is -2.32. The molecule has 20 aromatic rings. The molecular formula is C118H84N6Si4. The highest BCUT2D eigenvalue weighted by atomic mass is 28.3. The fourth-order valence-corrected chi connectivity index (χ4v) is 38.4. The first-order chi connectivity index (χ1) is 63.0. The molecule has 4 aliphatic heterocycles. The molecule has 24 rings (SSSR count). The molecule has 0 bridgehead atoms. The number of rotatable bonds is 15. The molecule has 0 radical (unpaired) electrons. The Morgan fingerprint density at radius 3 is 0.906 bits per heavy atom. The summed E-state index contributed by atoms with van der Waals surface area (Å²) in [5, 5.41) is 16.4. The van der Waals surface area contributed by atoms with E-state index in [1.807, 2.05) is 0 Å². The van der Waals surface area contributed by atoms with E-state index in [0.29, 0.717) is 34.9 Å². The molecule has 6 nitrogen and oxygen atoms in total. The zero-order valence-corrected chi connectivity index (χ0v) is 75.3. The average Bonchev–Trinajstić information content (AvgIpc) is 1.53. The Bertz CT molecular complexity index is 7780. The summed E-state index contributed by atoms with van der Waals surface area (Å²) in [6.07, 6.45) is 0. The molecule has 18 aromatic carbocycles. The minimum atomic E-state index is -3.18. The average molecular weight is 1700 g/mol. The molecule has 6 heterocycles. The van der Waals surface area contributed by atoms with E-state index >= 15 is 0 Å². The lowest BCUT2D eigenvalue weighted by Crippen LogP contribution is -2.72. The molecule has 0 amide bonds. The van der Waals surface area contributed by atoms with Crippen molar-refractivity contribution >= 4 is 94.5 Å². The Hall–Kier alpha value is -15.2. The minimum Gasteiger partial charge on any atom is -0.208 e. The number of fused-ring (bicyclic) bond motifs is 12. The van der Waals surface area contributed by atoms with E-state index in [-0.39, 0.29) is 0 Å². The van der Waals surface area contributed by atoms with Crippen LogP contribution in [-0.4, -0.2) is 62.2 Å². The van der Waals surface area contributed by atoms with Crippen molar-refractivity contribution < 1.29 is 0 Å². The molecule has 0 N–H and O–H groups in total. The first kappa shape index (κ1) is 76.5. The van der Waals surface area contributed by atoms with Gasteiger partial charge in [0.15, 0.2) is 51.1 Å². The van der Waals surface area contributed by atoms with Crippen molar-refractivity contribution in [2.75, 3.05) is 0 Å². The summed E-state index contributed by atoms with van der Waals surface area (Å²) in [7, 11) is -10.6. The van der Waals surface area contributed by atoms with Gasteiger partial charge in [-0.1, -0.05) is 451 Å². The molecule has 128 heavy (non-hydrogen) atoms. The van der Waals surface area contributed by atoms with Crippen LogP contribution in [0.1, 0.15) is 0 Å². The Balaban J connectivity index is 0.650. The molecule has 2 aromatic heterocycles. The molecule has 0 fully saturated rings. The van der Waals surface area contributed by atoms with Gasteiger partial charge in [0.2, 0.25) is 0 Å². The number of nitrogens with zero attached hydrogens (tertiary/aromatic N) is 6. The van der Waals surface area contributed by atoms with E-state index in [0.717, 1.165) is 77.9 Å². The monoisotopic (exact) mass is 1700 g/mol. The van der Waals surface area contributed by atoms with Crippen LogP contribution < -0.4 is 62.2 Å². The van der Waals surface area contributed by atoms with Crippen molar-refractivity contribution in [3.63, 3.8) is 0 Å². The van der Waals surface area contributed by atoms with Gasteiger partial charge in [-0.3, -0.25) is 0 Å². The number of hydrogen-bond donors (Lipinski definition) is 0. The SMILES string of the molecule is C[Si]1(C)c2cc(-c3ccc([Si]4(c5ccccc5)c5ccccc5-c5c4ccc(-c4nc(-c6ccccc6)nc(-c6ccc7c(c6-c6ccccc6)-c6ccccc6[Si]7(C)C)n4)c5-c4ccccc4)cc3)ccc2-c2cc(-c3nc(-c4ccccc4)nc(-c4cc5c(cc4-c4ccccc4)[Si](c4ccccc4)(c4ccccc4)c4ccccc4-5)n3)c(-c3ccccc3)cc21. The summed E-state index contributed by atoms with van der Waals surface area (Å²) in [6.45, 7) is 10.1. The predicted octanol–water partition coefficient (Wildman–Crippen LogP) is 20.7. The fraction of sp³-hybridized carbons (Fsp3) is 0.0339. The third-order valence-corrected chi connectivity index (χ3v) is 44.6. The number of aromatic nitrogens is 6. The van der Waals surface area contributed by atoms with Crippen molar-refractivity contribution in [1.82, 2.24) is 29.9 Å². The molecule has 0 saturated carbocycles. The van der Waals surface area contributed by atoms with E-state index in [2.05, 4.69) is 463 Å². The normalized spacial score (nSPS) is 14.6. The van der Waals surface area contributed by atoms with Crippen molar-refractivity contribution in [2.24, 2.45) is 0 Å². The van der Waals surface area contributed by atoms with E-state index in [1.165, 1.54) is 118 Å². The van der Waals surface area contributed by atoms with Crippen LogP contribution in [0.15, 0.2) is 437 Å². The smallest absolute Gasteiger partial charge is 0.180 e. The molecular weight excluding hydrogens is 1610 g/mol. The highest BCUT2D eigenvalue weighted by molar-refractivity contribution is 7.23. The second-order valence-corrected chi connectivity index (χ2v) is 51.5. The van der Waals surface area contributed by atoms with Gasteiger partial charge in [-0.05, 0) is 163 Å². The maximum Gasteiger partial charge on any atom is 0.180 e. The Labute approximate surface area is 750 Å². The van der Waals surface area contributed by atoms with Gasteiger partial charge in [-0.15, -0.1) is 0 Å². The zero-order valence-electron chi connectivity index (χ0n) is 71.3. The van der Waals surface area contributed by atoms with Gasteiger partial charge in [0.1, 0.15) is 16.1 Å². The maximum absolute atomic E-state index is 5.84. The summed E-state index contributed by atoms with van der Waals surface area (Å²) < 4.78 is 0.